The molecule has 1 rings (SSSR count). The molecule has 1 aliphatic rings. The Kier molecular flexibility index (Phi) is 4.26. The Balaban J connectivity index is 2.31. The minimum Gasteiger partial charge on any atom is -0.394 e. The normalized spacial score (nSPS) is 24.2. The van der Waals surface area contributed by atoms with E-state index in [4.69, 9.17) is 5.11 Å². The van der Waals surface area contributed by atoms with Gasteiger partial charge in [0.15, 0.2) is 0 Å². The molecule has 1 fully saturated rings. The Bertz CT molecular complexity index is 226. The molecule has 0 spiro atoms. The van der Waals surface area contributed by atoms with Crippen molar-refractivity contribution in [1.82, 2.24) is 5.32 Å². The first-order chi connectivity index (χ1) is 7.29. The van der Waals surface area contributed by atoms with Crippen LogP contribution >= 0.6 is 0 Å². The molecule has 16 heavy (non-hydrogen) atoms. The lowest BCUT2D eigenvalue weighted by molar-refractivity contribution is -0.148. The molecular formula is C11H21F2NO2. The molecule has 1 saturated carbocycles. The molecule has 0 amide bonds. The van der Waals surface area contributed by atoms with E-state index >= 15 is 0 Å². The molecule has 0 aromatic rings. The zero-order valence-corrected chi connectivity index (χ0v) is 9.84. The highest BCUT2D eigenvalue weighted by molar-refractivity contribution is 5.05. The molecule has 1 unspecified atom stereocenters. The number of aliphatic hydroxyl groups is 2. The summed E-state index contributed by atoms with van der Waals surface area (Å²) in [6, 6.07) is 0. The highest BCUT2D eigenvalue weighted by Crippen LogP contribution is 2.45. The Labute approximate surface area is 94.9 Å². The first-order valence-corrected chi connectivity index (χ1v) is 5.70. The average molecular weight is 237 g/mol. The summed E-state index contributed by atoms with van der Waals surface area (Å²) < 4.78 is 25.5. The molecule has 0 heterocycles. The van der Waals surface area contributed by atoms with Gasteiger partial charge in [0.1, 0.15) is 0 Å². The second-order valence-electron chi connectivity index (χ2n) is 5.31. The van der Waals surface area contributed by atoms with Crippen molar-refractivity contribution in [3.05, 3.63) is 0 Å². The fourth-order valence-electron chi connectivity index (χ4n) is 2.19. The Morgan fingerprint density at radius 2 is 1.88 bits per heavy atom. The lowest BCUT2D eigenvalue weighted by Crippen LogP contribution is -2.64. The maximum atomic E-state index is 12.7. The Hall–Kier alpha value is -0.260. The molecule has 0 radical (unpaired) electrons. The summed E-state index contributed by atoms with van der Waals surface area (Å²) in [5.41, 5.74) is -0.887. The van der Waals surface area contributed by atoms with Crippen LogP contribution in [-0.2, 0) is 0 Å². The van der Waals surface area contributed by atoms with Crippen LogP contribution in [0.25, 0.3) is 0 Å². The summed E-state index contributed by atoms with van der Waals surface area (Å²) in [6.07, 6.45) is -0.599. The number of nitrogens with one attached hydrogen (secondary N) is 1. The second kappa shape index (κ2) is 4.94. The summed E-state index contributed by atoms with van der Waals surface area (Å²) in [5, 5.41) is 21.5. The molecule has 0 bridgehead atoms. The zero-order chi connectivity index (χ0) is 12.4. The van der Waals surface area contributed by atoms with Crippen molar-refractivity contribution >= 4 is 0 Å². The van der Waals surface area contributed by atoms with Gasteiger partial charge in [-0.3, -0.25) is 0 Å². The molecule has 3 nitrogen and oxygen atoms in total. The van der Waals surface area contributed by atoms with E-state index in [1.807, 2.05) is 13.8 Å². The van der Waals surface area contributed by atoms with Gasteiger partial charge in [-0.2, -0.15) is 0 Å². The monoisotopic (exact) mass is 237 g/mol. The number of aliphatic hydroxyl groups excluding tert-OH is 2. The quantitative estimate of drug-likeness (QED) is 0.649. The highest BCUT2D eigenvalue weighted by atomic mass is 19.3. The van der Waals surface area contributed by atoms with Gasteiger partial charge >= 0.3 is 0 Å². The van der Waals surface area contributed by atoms with Crippen LogP contribution in [0.15, 0.2) is 0 Å². The summed E-state index contributed by atoms with van der Waals surface area (Å²) in [6.45, 7) is 3.93. The van der Waals surface area contributed by atoms with Crippen LogP contribution in [0.1, 0.15) is 33.1 Å². The van der Waals surface area contributed by atoms with Gasteiger partial charge in [-0.1, -0.05) is 13.8 Å². The SMILES string of the molecule is CC(C)CC(O)CNC1(CO)CC(F)(F)C1. The van der Waals surface area contributed by atoms with Gasteiger partial charge in [0.05, 0.1) is 18.2 Å². The van der Waals surface area contributed by atoms with E-state index in [0.717, 1.165) is 0 Å². The molecule has 5 heteroatoms. The van der Waals surface area contributed by atoms with Crippen molar-refractivity contribution in [2.24, 2.45) is 5.92 Å². The van der Waals surface area contributed by atoms with Crippen LogP contribution in [0.2, 0.25) is 0 Å². The van der Waals surface area contributed by atoms with Gasteiger partial charge in [0, 0.05) is 19.4 Å². The molecule has 0 saturated heterocycles. The molecule has 0 aromatic carbocycles. The van der Waals surface area contributed by atoms with Crippen LogP contribution < -0.4 is 5.32 Å². The van der Waals surface area contributed by atoms with Crippen molar-refractivity contribution in [3.63, 3.8) is 0 Å². The van der Waals surface area contributed by atoms with E-state index < -0.39 is 17.6 Å². The average Bonchev–Trinajstić information content (AvgIpc) is 2.09. The standard InChI is InChI=1S/C11H21F2NO2/c1-8(2)3-9(16)4-14-10(7-15)5-11(12,13)6-10/h8-9,14-16H,3-7H2,1-2H3. The van der Waals surface area contributed by atoms with Gasteiger partial charge in [0.25, 0.3) is 5.92 Å². The lowest BCUT2D eigenvalue weighted by atomic mass is 9.74. The summed E-state index contributed by atoms with van der Waals surface area (Å²) in [4.78, 5) is 0. The lowest BCUT2D eigenvalue weighted by Gasteiger charge is -2.47. The molecule has 96 valence electrons. The van der Waals surface area contributed by atoms with Crippen LogP contribution in [0.4, 0.5) is 8.78 Å². The number of halogens is 2. The van der Waals surface area contributed by atoms with E-state index in [1.54, 1.807) is 0 Å². The predicted octanol–water partition coefficient (Wildman–Crippen LogP) is 1.14. The van der Waals surface area contributed by atoms with E-state index in [0.29, 0.717) is 12.3 Å². The van der Waals surface area contributed by atoms with Gasteiger partial charge in [-0.05, 0) is 12.3 Å². The number of β-amino-alcohol motifs (C(OH)–C–C–N with tert-alkyl or cyclic N) is 1. The van der Waals surface area contributed by atoms with Gasteiger partial charge in [-0.15, -0.1) is 0 Å². The third-order valence-corrected chi connectivity index (χ3v) is 2.95. The molecule has 3 N–H and O–H groups in total. The zero-order valence-electron chi connectivity index (χ0n) is 9.84. The van der Waals surface area contributed by atoms with Crippen molar-refractivity contribution in [1.29, 1.82) is 0 Å². The van der Waals surface area contributed by atoms with Crippen LogP contribution in [-0.4, -0.2) is 40.9 Å². The first kappa shape index (κ1) is 13.8. The number of alkyl halides is 2. The van der Waals surface area contributed by atoms with E-state index in [-0.39, 0.29) is 26.0 Å². The number of hydrogen-bond acceptors (Lipinski definition) is 3. The Morgan fingerprint density at radius 3 is 2.25 bits per heavy atom. The number of hydrogen-bond donors (Lipinski definition) is 3. The van der Waals surface area contributed by atoms with Crippen molar-refractivity contribution < 1.29 is 19.0 Å². The van der Waals surface area contributed by atoms with Crippen LogP contribution in [0.5, 0.6) is 0 Å². The predicted molar refractivity (Wildman–Crippen MR) is 57.5 cm³/mol. The summed E-state index contributed by atoms with van der Waals surface area (Å²) >= 11 is 0. The van der Waals surface area contributed by atoms with Crippen molar-refractivity contribution in [3.8, 4) is 0 Å². The fraction of sp³-hybridized carbons (Fsp3) is 1.00. The fourth-order valence-corrected chi connectivity index (χ4v) is 2.19. The van der Waals surface area contributed by atoms with Crippen molar-refractivity contribution in [2.75, 3.05) is 13.2 Å². The van der Waals surface area contributed by atoms with Crippen LogP contribution in [0, 0.1) is 5.92 Å². The van der Waals surface area contributed by atoms with E-state index in [9.17, 15) is 13.9 Å². The van der Waals surface area contributed by atoms with Gasteiger partial charge in [-0.25, -0.2) is 8.78 Å². The Morgan fingerprint density at radius 1 is 1.31 bits per heavy atom. The number of rotatable bonds is 6. The van der Waals surface area contributed by atoms with Gasteiger partial charge < -0.3 is 15.5 Å². The van der Waals surface area contributed by atoms with Crippen LogP contribution in [0.3, 0.4) is 0 Å². The highest BCUT2D eigenvalue weighted by Gasteiger charge is 2.56. The smallest absolute Gasteiger partial charge is 0.251 e. The largest absolute Gasteiger partial charge is 0.394 e. The minimum atomic E-state index is -2.67. The molecular weight excluding hydrogens is 216 g/mol. The molecule has 0 aliphatic heterocycles. The maximum Gasteiger partial charge on any atom is 0.251 e. The summed E-state index contributed by atoms with van der Waals surface area (Å²) in [7, 11) is 0. The van der Waals surface area contributed by atoms with E-state index in [2.05, 4.69) is 5.32 Å². The molecule has 0 aromatic heterocycles. The molecule has 1 aliphatic carbocycles. The third-order valence-electron chi connectivity index (χ3n) is 2.95. The first-order valence-electron chi connectivity index (χ1n) is 5.70. The summed E-state index contributed by atoms with van der Waals surface area (Å²) in [5.74, 6) is -2.30. The topological polar surface area (TPSA) is 52.5 Å². The second-order valence-corrected chi connectivity index (χ2v) is 5.31. The van der Waals surface area contributed by atoms with E-state index in [1.165, 1.54) is 0 Å². The maximum absolute atomic E-state index is 12.7. The minimum absolute atomic E-state index is 0.259. The van der Waals surface area contributed by atoms with Gasteiger partial charge in [0.2, 0.25) is 0 Å². The molecule has 1 atom stereocenters. The third kappa shape index (κ3) is 3.64. The van der Waals surface area contributed by atoms with Crippen molar-refractivity contribution in [2.45, 2.75) is 50.7 Å².